The number of rotatable bonds is 8. The molecule has 37 heavy (non-hydrogen) atoms. The Labute approximate surface area is 214 Å². The van der Waals surface area contributed by atoms with Crippen molar-refractivity contribution in [2.75, 3.05) is 39.2 Å². The minimum atomic E-state index is -0.0548. The molecular formula is C27H29N5O5. The van der Waals surface area contributed by atoms with Crippen LogP contribution < -0.4 is 20.1 Å². The Hall–Kier alpha value is -4.47. The standard InChI is InChI=1S/C27H29N5O5/c1-4-25(33)32-9-7-18(8-10-32)37-24-13-19-20(14-23(24)34-2)29-16-30-26(19)31-21-12-17(15-28-27(21)35-3)22-6-5-11-36-22/h4-6,11-14,16,18,28H,1,7-10,15H2,2-3H3,(H,29,30,31). The summed E-state index contributed by atoms with van der Waals surface area (Å²) in [6, 6.07) is 7.49. The van der Waals surface area contributed by atoms with Crippen molar-refractivity contribution in [3.8, 4) is 11.5 Å². The lowest BCUT2D eigenvalue weighted by Gasteiger charge is -2.31. The molecule has 10 heteroatoms. The zero-order chi connectivity index (χ0) is 25.8. The first kappa shape index (κ1) is 24.2. The summed E-state index contributed by atoms with van der Waals surface area (Å²) in [6.45, 7) is 5.37. The molecule has 2 aliphatic heterocycles. The first-order valence-electron chi connectivity index (χ1n) is 12.0. The van der Waals surface area contributed by atoms with Gasteiger partial charge in [-0.3, -0.25) is 4.79 Å². The number of piperidine rings is 1. The Kier molecular flexibility index (Phi) is 6.98. The van der Waals surface area contributed by atoms with Crippen molar-refractivity contribution in [1.82, 2.24) is 20.2 Å². The van der Waals surface area contributed by atoms with Crippen LogP contribution in [0, 0.1) is 0 Å². The average Bonchev–Trinajstić information content (AvgIpc) is 3.48. The number of likely N-dealkylation sites (tertiary alicyclic amines) is 1. The number of carbonyl (C=O) groups excluding carboxylic acids is 1. The number of amides is 1. The van der Waals surface area contributed by atoms with Crippen LogP contribution in [0.25, 0.3) is 16.5 Å². The van der Waals surface area contributed by atoms with Crippen LogP contribution in [0.5, 0.6) is 11.5 Å². The second kappa shape index (κ2) is 10.7. The van der Waals surface area contributed by atoms with Gasteiger partial charge in [0.05, 0.1) is 26.0 Å². The van der Waals surface area contributed by atoms with Gasteiger partial charge in [0, 0.05) is 49.5 Å². The number of hydrogen-bond donors (Lipinski definition) is 2. The van der Waals surface area contributed by atoms with E-state index in [4.69, 9.17) is 18.6 Å². The van der Waals surface area contributed by atoms with E-state index in [1.54, 1.807) is 25.4 Å². The number of methoxy groups -OCH3 is 2. The van der Waals surface area contributed by atoms with E-state index in [9.17, 15) is 4.79 Å². The van der Waals surface area contributed by atoms with E-state index < -0.39 is 0 Å². The highest BCUT2D eigenvalue weighted by molar-refractivity contribution is 5.92. The van der Waals surface area contributed by atoms with Gasteiger partial charge in [-0.25, -0.2) is 9.97 Å². The Bertz CT molecular complexity index is 1360. The summed E-state index contributed by atoms with van der Waals surface area (Å²) in [5, 5.41) is 7.42. The number of dihydropyridines is 1. The van der Waals surface area contributed by atoms with Crippen LogP contribution in [0.1, 0.15) is 18.6 Å². The Morgan fingerprint density at radius 2 is 2.05 bits per heavy atom. The van der Waals surface area contributed by atoms with Gasteiger partial charge < -0.3 is 34.2 Å². The van der Waals surface area contributed by atoms with E-state index >= 15 is 0 Å². The fourth-order valence-electron chi connectivity index (χ4n) is 4.50. The number of benzene rings is 1. The maximum atomic E-state index is 11.9. The molecule has 1 saturated heterocycles. The van der Waals surface area contributed by atoms with Gasteiger partial charge in [-0.15, -0.1) is 0 Å². The predicted octanol–water partition coefficient (Wildman–Crippen LogP) is 3.70. The number of nitrogens with zero attached hydrogens (tertiary/aromatic N) is 3. The van der Waals surface area contributed by atoms with Crippen LogP contribution in [0.2, 0.25) is 0 Å². The van der Waals surface area contributed by atoms with Gasteiger partial charge in [0.15, 0.2) is 11.5 Å². The Morgan fingerprint density at radius 3 is 2.76 bits per heavy atom. The lowest BCUT2D eigenvalue weighted by molar-refractivity contribution is -0.127. The van der Waals surface area contributed by atoms with Crippen LogP contribution in [0.4, 0.5) is 5.82 Å². The van der Waals surface area contributed by atoms with Gasteiger partial charge in [0.1, 0.15) is 29.7 Å². The van der Waals surface area contributed by atoms with Gasteiger partial charge in [0.2, 0.25) is 11.8 Å². The molecule has 0 unspecified atom stereocenters. The number of fused-ring (bicyclic) bond motifs is 1. The molecule has 2 aliphatic rings. The van der Waals surface area contributed by atoms with Gasteiger partial charge in [-0.1, -0.05) is 6.58 Å². The van der Waals surface area contributed by atoms with Crippen LogP contribution in [0.15, 0.2) is 71.6 Å². The average molecular weight is 504 g/mol. The number of anilines is 1. The van der Waals surface area contributed by atoms with Crippen molar-refractivity contribution in [3.63, 3.8) is 0 Å². The third-order valence-corrected chi connectivity index (χ3v) is 6.44. The van der Waals surface area contributed by atoms with E-state index in [-0.39, 0.29) is 12.0 Å². The summed E-state index contributed by atoms with van der Waals surface area (Å²) >= 11 is 0. The summed E-state index contributed by atoms with van der Waals surface area (Å²) < 4.78 is 23.1. The van der Waals surface area contributed by atoms with Crippen molar-refractivity contribution in [2.45, 2.75) is 18.9 Å². The summed E-state index contributed by atoms with van der Waals surface area (Å²) in [4.78, 5) is 22.6. The molecule has 2 N–H and O–H groups in total. The first-order chi connectivity index (χ1) is 18.1. The van der Waals surface area contributed by atoms with Crippen molar-refractivity contribution in [1.29, 1.82) is 0 Å². The summed E-state index contributed by atoms with van der Waals surface area (Å²) in [5.74, 6) is 3.07. The lowest BCUT2D eigenvalue weighted by atomic mass is 10.1. The van der Waals surface area contributed by atoms with E-state index in [0.29, 0.717) is 66.9 Å². The fraction of sp³-hybridized carbons (Fsp3) is 0.296. The van der Waals surface area contributed by atoms with Crippen LogP contribution in [-0.2, 0) is 9.53 Å². The summed E-state index contributed by atoms with van der Waals surface area (Å²) in [6.07, 6.45) is 7.85. The zero-order valence-electron chi connectivity index (χ0n) is 20.8. The number of carbonyl (C=O) groups is 1. The molecule has 0 bridgehead atoms. The summed E-state index contributed by atoms with van der Waals surface area (Å²) in [7, 11) is 3.21. The quantitative estimate of drug-likeness (QED) is 0.445. The molecule has 0 aliphatic carbocycles. The molecule has 1 fully saturated rings. The molecule has 10 nitrogen and oxygen atoms in total. The molecule has 2 aromatic heterocycles. The normalized spacial score (nSPS) is 16.2. The number of furan rings is 1. The lowest BCUT2D eigenvalue weighted by Crippen LogP contribution is -2.41. The monoisotopic (exact) mass is 503 g/mol. The van der Waals surface area contributed by atoms with Crippen LogP contribution in [-0.4, -0.2) is 60.7 Å². The smallest absolute Gasteiger partial charge is 0.245 e. The molecular weight excluding hydrogens is 474 g/mol. The zero-order valence-corrected chi connectivity index (χ0v) is 20.8. The van der Waals surface area contributed by atoms with Crippen molar-refractivity contribution in [2.24, 2.45) is 0 Å². The maximum absolute atomic E-state index is 11.9. The molecule has 0 spiro atoms. The molecule has 0 atom stereocenters. The highest BCUT2D eigenvalue weighted by Crippen LogP contribution is 2.36. The highest BCUT2D eigenvalue weighted by Gasteiger charge is 2.24. The molecule has 4 heterocycles. The van der Waals surface area contributed by atoms with Crippen LogP contribution in [0.3, 0.4) is 0 Å². The molecule has 1 aromatic carbocycles. The van der Waals surface area contributed by atoms with Crippen molar-refractivity contribution >= 4 is 28.2 Å². The fourth-order valence-corrected chi connectivity index (χ4v) is 4.50. The van der Waals surface area contributed by atoms with Gasteiger partial charge in [-0.2, -0.15) is 0 Å². The van der Waals surface area contributed by atoms with Gasteiger partial charge in [-0.05, 0) is 30.4 Å². The third kappa shape index (κ3) is 5.09. The number of nitrogens with one attached hydrogen (secondary N) is 2. The second-order valence-corrected chi connectivity index (χ2v) is 8.66. The Morgan fingerprint density at radius 1 is 1.22 bits per heavy atom. The van der Waals surface area contributed by atoms with Crippen LogP contribution >= 0.6 is 0 Å². The van der Waals surface area contributed by atoms with E-state index in [2.05, 4.69) is 27.2 Å². The molecule has 3 aromatic rings. The first-order valence-corrected chi connectivity index (χ1v) is 12.0. The van der Waals surface area contributed by atoms with E-state index in [1.807, 2.05) is 30.3 Å². The van der Waals surface area contributed by atoms with E-state index in [1.165, 1.54) is 12.4 Å². The van der Waals surface area contributed by atoms with Gasteiger partial charge >= 0.3 is 0 Å². The molecule has 0 radical (unpaired) electrons. The second-order valence-electron chi connectivity index (χ2n) is 8.66. The molecule has 192 valence electrons. The number of allylic oxidation sites excluding steroid dienone is 1. The number of aromatic nitrogens is 2. The summed E-state index contributed by atoms with van der Waals surface area (Å²) in [5.41, 5.74) is 2.38. The highest BCUT2D eigenvalue weighted by atomic mass is 16.5. The third-order valence-electron chi connectivity index (χ3n) is 6.44. The van der Waals surface area contributed by atoms with Gasteiger partial charge in [0.25, 0.3) is 0 Å². The van der Waals surface area contributed by atoms with E-state index in [0.717, 1.165) is 16.7 Å². The maximum Gasteiger partial charge on any atom is 0.245 e. The SMILES string of the molecule is C=CC(=O)N1CCC(Oc2cc3c(NC4=C(OC)NCC(c5ccco5)=C4)ncnc3cc2OC)CC1. The predicted molar refractivity (Wildman–Crippen MR) is 139 cm³/mol. The van der Waals surface area contributed by atoms with Crippen molar-refractivity contribution in [3.05, 3.63) is 72.9 Å². The molecule has 1 amide bonds. The molecule has 5 rings (SSSR count). The largest absolute Gasteiger partial charge is 0.493 e. The number of hydrogen-bond acceptors (Lipinski definition) is 9. The molecule has 0 saturated carbocycles. The van der Waals surface area contributed by atoms with Crippen molar-refractivity contribution < 1.29 is 23.4 Å². The number of ether oxygens (including phenoxy) is 3. The topological polar surface area (TPSA) is 111 Å². The minimum absolute atomic E-state index is 0.0506. The minimum Gasteiger partial charge on any atom is -0.493 e. The Balaban J connectivity index is 1.43.